The Balaban J connectivity index is 1.88. The zero-order valence-corrected chi connectivity index (χ0v) is 13.0. The fourth-order valence-electron chi connectivity index (χ4n) is 2.03. The molecule has 1 N–H and O–H groups in total. The molecule has 0 unspecified atom stereocenters. The first-order chi connectivity index (χ1) is 9.61. The molecular weight excluding hydrogens is 365 g/mol. The van der Waals surface area contributed by atoms with Gasteiger partial charge in [0, 0.05) is 14.6 Å². The molecule has 0 aliphatic carbocycles. The SMILES string of the molecule is Cc1ccc2oc(C(=O)Nc3cccc(I)c3)cc2c1. The van der Waals surface area contributed by atoms with Crippen molar-refractivity contribution in [1.29, 1.82) is 0 Å². The van der Waals surface area contributed by atoms with E-state index in [1.165, 1.54) is 0 Å². The minimum absolute atomic E-state index is 0.235. The normalized spacial score (nSPS) is 10.7. The van der Waals surface area contributed by atoms with Gasteiger partial charge in [-0.1, -0.05) is 17.7 Å². The molecule has 1 heterocycles. The topological polar surface area (TPSA) is 42.2 Å². The van der Waals surface area contributed by atoms with Crippen molar-refractivity contribution in [2.45, 2.75) is 6.92 Å². The molecule has 0 saturated heterocycles. The van der Waals surface area contributed by atoms with E-state index in [4.69, 9.17) is 4.42 Å². The van der Waals surface area contributed by atoms with Gasteiger partial charge < -0.3 is 9.73 Å². The van der Waals surface area contributed by atoms with E-state index in [2.05, 4.69) is 27.9 Å². The molecule has 3 rings (SSSR count). The number of amides is 1. The highest BCUT2D eigenvalue weighted by Gasteiger charge is 2.12. The number of rotatable bonds is 2. The Kier molecular flexibility index (Phi) is 3.48. The first-order valence-corrected chi connectivity index (χ1v) is 7.27. The number of anilines is 1. The Morgan fingerprint density at radius 3 is 2.80 bits per heavy atom. The summed E-state index contributed by atoms with van der Waals surface area (Å²) < 4.78 is 6.64. The van der Waals surface area contributed by atoms with Gasteiger partial charge in [-0.05, 0) is 65.9 Å². The highest BCUT2D eigenvalue weighted by molar-refractivity contribution is 14.1. The van der Waals surface area contributed by atoms with Crippen LogP contribution in [0, 0.1) is 10.5 Å². The van der Waals surface area contributed by atoms with Gasteiger partial charge in [0.2, 0.25) is 0 Å². The maximum Gasteiger partial charge on any atom is 0.291 e. The average molecular weight is 377 g/mol. The van der Waals surface area contributed by atoms with Gasteiger partial charge in [0.1, 0.15) is 5.58 Å². The highest BCUT2D eigenvalue weighted by Crippen LogP contribution is 2.21. The van der Waals surface area contributed by atoms with Gasteiger partial charge in [0.15, 0.2) is 5.76 Å². The van der Waals surface area contributed by atoms with E-state index in [1.54, 1.807) is 6.07 Å². The van der Waals surface area contributed by atoms with Crippen molar-refractivity contribution in [3.63, 3.8) is 0 Å². The van der Waals surface area contributed by atoms with Crippen molar-refractivity contribution in [3.8, 4) is 0 Å². The number of nitrogens with one attached hydrogen (secondary N) is 1. The summed E-state index contributed by atoms with van der Waals surface area (Å²) >= 11 is 2.21. The highest BCUT2D eigenvalue weighted by atomic mass is 127. The van der Waals surface area contributed by atoms with E-state index >= 15 is 0 Å². The van der Waals surface area contributed by atoms with E-state index in [9.17, 15) is 4.79 Å². The van der Waals surface area contributed by atoms with Crippen LogP contribution < -0.4 is 5.32 Å². The summed E-state index contributed by atoms with van der Waals surface area (Å²) in [5, 5.41) is 3.78. The summed E-state index contributed by atoms with van der Waals surface area (Å²) in [6, 6.07) is 15.3. The van der Waals surface area contributed by atoms with Crippen LogP contribution in [0.2, 0.25) is 0 Å². The Bertz CT molecular complexity index is 792. The second-order valence-corrected chi connectivity index (χ2v) is 5.86. The third kappa shape index (κ3) is 2.70. The summed E-state index contributed by atoms with van der Waals surface area (Å²) in [7, 11) is 0. The van der Waals surface area contributed by atoms with Gasteiger partial charge in [-0.3, -0.25) is 4.79 Å². The van der Waals surface area contributed by atoms with Gasteiger partial charge >= 0.3 is 0 Å². The third-order valence-corrected chi connectivity index (χ3v) is 3.65. The van der Waals surface area contributed by atoms with Crippen molar-refractivity contribution < 1.29 is 9.21 Å². The molecule has 0 bridgehead atoms. The second-order valence-electron chi connectivity index (χ2n) is 4.62. The second kappa shape index (κ2) is 5.28. The van der Waals surface area contributed by atoms with E-state index in [0.29, 0.717) is 5.76 Å². The van der Waals surface area contributed by atoms with E-state index in [0.717, 1.165) is 25.8 Å². The number of furan rings is 1. The van der Waals surface area contributed by atoms with Crippen LogP contribution in [-0.2, 0) is 0 Å². The standard InChI is InChI=1S/C16H12INO2/c1-10-5-6-14-11(7-10)8-15(20-14)16(19)18-13-4-2-3-12(17)9-13/h2-9H,1H3,(H,18,19). The summed E-state index contributed by atoms with van der Waals surface area (Å²) in [5.74, 6) is 0.0883. The lowest BCUT2D eigenvalue weighted by molar-refractivity contribution is 0.0998. The number of benzene rings is 2. The van der Waals surface area contributed by atoms with Crippen molar-refractivity contribution in [3.05, 3.63) is 63.4 Å². The quantitative estimate of drug-likeness (QED) is 0.664. The van der Waals surface area contributed by atoms with Crippen LogP contribution in [0.25, 0.3) is 11.0 Å². The van der Waals surface area contributed by atoms with Gasteiger partial charge in [-0.2, -0.15) is 0 Å². The summed E-state index contributed by atoms with van der Waals surface area (Å²) in [6.45, 7) is 2.01. The van der Waals surface area contributed by atoms with Crippen LogP contribution in [-0.4, -0.2) is 5.91 Å². The number of carbonyl (C=O) groups excluding carboxylic acids is 1. The molecule has 100 valence electrons. The van der Waals surface area contributed by atoms with Crippen molar-refractivity contribution in [1.82, 2.24) is 0 Å². The van der Waals surface area contributed by atoms with Crippen molar-refractivity contribution >= 4 is 45.2 Å². The predicted molar refractivity (Wildman–Crippen MR) is 88.1 cm³/mol. The zero-order valence-electron chi connectivity index (χ0n) is 10.8. The zero-order chi connectivity index (χ0) is 14.1. The Morgan fingerprint density at radius 1 is 1.15 bits per heavy atom. The molecule has 0 spiro atoms. The number of carbonyl (C=O) groups is 1. The maximum absolute atomic E-state index is 12.2. The van der Waals surface area contributed by atoms with E-state index in [-0.39, 0.29) is 5.91 Å². The average Bonchev–Trinajstić information content (AvgIpc) is 2.81. The fourth-order valence-corrected chi connectivity index (χ4v) is 2.58. The van der Waals surface area contributed by atoms with Crippen LogP contribution in [0.3, 0.4) is 0 Å². The molecule has 1 aromatic heterocycles. The molecule has 0 radical (unpaired) electrons. The molecule has 3 aromatic rings. The van der Waals surface area contributed by atoms with Gasteiger partial charge in [-0.25, -0.2) is 0 Å². The first kappa shape index (κ1) is 13.2. The fraction of sp³-hybridized carbons (Fsp3) is 0.0625. The monoisotopic (exact) mass is 377 g/mol. The third-order valence-electron chi connectivity index (χ3n) is 2.98. The van der Waals surface area contributed by atoms with Gasteiger partial charge in [0.25, 0.3) is 5.91 Å². The number of hydrogen-bond donors (Lipinski definition) is 1. The van der Waals surface area contributed by atoms with Gasteiger partial charge in [0.05, 0.1) is 0 Å². The molecule has 2 aromatic carbocycles. The van der Waals surface area contributed by atoms with Crippen molar-refractivity contribution in [2.75, 3.05) is 5.32 Å². The van der Waals surface area contributed by atoms with Gasteiger partial charge in [-0.15, -0.1) is 0 Å². The predicted octanol–water partition coefficient (Wildman–Crippen LogP) is 4.60. The maximum atomic E-state index is 12.2. The number of hydrogen-bond acceptors (Lipinski definition) is 2. The summed E-state index contributed by atoms with van der Waals surface area (Å²) in [4.78, 5) is 12.2. The van der Waals surface area contributed by atoms with Crippen LogP contribution in [0.15, 0.2) is 52.9 Å². The largest absolute Gasteiger partial charge is 0.451 e. The lowest BCUT2D eigenvalue weighted by Gasteiger charge is -2.02. The van der Waals surface area contributed by atoms with Crippen LogP contribution >= 0.6 is 22.6 Å². The first-order valence-electron chi connectivity index (χ1n) is 6.19. The number of halogens is 1. The van der Waals surface area contributed by atoms with Crippen molar-refractivity contribution in [2.24, 2.45) is 0 Å². The smallest absolute Gasteiger partial charge is 0.291 e. The minimum Gasteiger partial charge on any atom is -0.451 e. The van der Waals surface area contributed by atoms with Crippen LogP contribution in [0.5, 0.6) is 0 Å². The minimum atomic E-state index is -0.235. The van der Waals surface area contributed by atoms with Crippen LogP contribution in [0.1, 0.15) is 16.1 Å². The molecule has 4 heteroatoms. The van der Waals surface area contributed by atoms with Crippen LogP contribution in [0.4, 0.5) is 5.69 Å². The molecule has 0 aliphatic heterocycles. The summed E-state index contributed by atoms with van der Waals surface area (Å²) in [6.07, 6.45) is 0. The molecule has 20 heavy (non-hydrogen) atoms. The molecule has 1 amide bonds. The molecule has 0 saturated carbocycles. The number of fused-ring (bicyclic) bond motifs is 1. The Morgan fingerprint density at radius 2 is 2.00 bits per heavy atom. The van der Waals surface area contributed by atoms with E-state index < -0.39 is 0 Å². The molecule has 0 fully saturated rings. The Hall–Kier alpha value is -1.82. The van der Waals surface area contributed by atoms with E-state index in [1.807, 2.05) is 49.4 Å². The molecule has 0 aliphatic rings. The molecule has 3 nitrogen and oxygen atoms in total. The molecule has 0 atom stereocenters. The Labute approximate surface area is 130 Å². The lowest BCUT2D eigenvalue weighted by atomic mass is 10.2. The lowest BCUT2D eigenvalue weighted by Crippen LogP contribution is -2.10. The summed E-state index contributed by atoms with van der Waals surface area (Å²) in [5.41, 5.74) is 2.63. The molecular formula is C16H12INO2. The number of aryl methyl sites for hydroxylation is 1.